The second-order valence-corrected chi connectivity index (χ2v) is 9.00. The minimum Gasteiger partial charge on any atom is -0.484 e. The maximum absolute atomic E-state index is 13.3. The molecule has 7 heteroatoms. The van der Waals surface area contributed by atoms with Gasteiger partial charge in [-0.15, -0.1) is 11.3 Å². The molecule has 5 nitrogen and oxygen atoms in total. The van der Waals surface area contributed by atoms with Gasteiger partial charge in [-0.2, -0.15) is 0 Å². The standard InChI is InChI=1S/C28H24FN3O2S/c29-23-13-11-22(12-14-23)26-18-32-24(20-35-28(32)30-26)15-16-31(17-21-7-3-1-4-8-21)27(33)19-34-25-9-5-2-6-10-25/h1-14,18,20H,15-17,19H2. The number of para-hydroxylation sites is 1. The van der Waals surface area contributed by atoms with Gasteiger partial charge < -0.3 is 9.64 Å². The van der Waals surface area contributed by atoms with Crippen LogP contribution in [0.5, 0.6) is 5.75 Å². The third-order valence-electron chi connectivity index (χ3n) is 5.74. The van der Waals surface area contributed by atoms with Crippen LogP contribution in [0.15, 0.2) is 96.5 Å². The minimum absolute atomic E-state index is 0.0182. The molecule has 1 amide bonds. The Hall–Kier alpha value is -3.97. The molecule has 0 saturated carbocycles. The van der Waals surface area contributed by atoms with Crippen LogP contribution < -0.4 is 4.74 Å². The molecule has 5 rings (SSSR count). The molecule has 0 unspecified atom stereocenters. The Labute approximate surface area is 207 Å². The zero-order valence-corrected chi connectivity index (χ0v) is 19.8. The van der Waals surface area contributed by atoms with E-state index in [4.69, 9.17) is 4.74 Å². The molecule has 0 aliphatic carbocycles. The molecule has 2 aromatic heterocycles. The SMILES string of the molecule is O=C(COc1ccccc1)N(CCc1csc2nc(-c3ccc(F)cc3)cn12)Cc1ccccc1. The number of halogens is 1. The summed E-state index contributed by atoms with van der Waals surface area (Å²) in [4.78, 5) is 20.5. The van der Waals surface area contributed by atoms with E-state index < -0.39 is 0 Å². The van der Waals surface area contributed by atoms with E-state index in [-0.39, 0.29) is 18.3 Å². The second kappa shape index (κ2) is 10.5. The van der Waals surface area contributed by atoms with E-state index in [0.717, 1.165) is 27.5 Å². The quantitative estimate of drug-likeness (QED) is 0.263. The first-order valence-corrected chi connectivity index (χ1v) is 12.2. The molecule has 0 atom stereocenters. The summed E-state index contributed by atoms with van der Waals surface area (Å²) in [6.45, 7) is 1.04. The van der Waals surface area contributed by atoms with Crippen molar-refractivity contribution < 1.29 is 13.9 Å². The van der Waals surface area contributed by atoms with E-state index in [0.29, 0.717) is 25.3 Å². The number of hydrogen-bond donors (Lipinski definition) is 0. The first-order valence-electron chi connectivity index (χ1n) is 11.4. The van der Waals surface area contributed by atoms with Crippen LogP contribution in [0.4, 0.5) is 4.39 Å². The summed E-state index contributed by atoms with van der Waals surface area (Å²) in [6, 6.07) is 25.7. The third-order valence-corrected chi connectivity index (χ3v) is 6.62. The molecule has 176 valence electrons. The predicted octanol–water partition coefficient (Wildman–Crippen LogP) is 5.85. The number of nitrogens with zero attached hydrogens (tertiary/aromatic N) is 3. The smallest absolute Gasteiger partial charge is 0.260 e. The first kappa shape index (κ1) is 22.8. The monoisotopic (exact) mass is 485 g/mol. The highest BCUT2D eigenvalue weighted by Crippen LogP contribution is 2.24. The number of rotatable bonds is 9. The van der Waals surface area contributed by atoms with Gasteiger partial charge >= 0.3 is 0 Å². The molecule has 5 aromatic rings. The minimum atomic E-state index is -0.269. The Morgan fingerprint density at radius 1 is 0.971 bits per heavy atom. The van der Waals surface area contributed by atoms with Crippen LogP contribution in [0.1, 0.15) is 11.3 Å². The van der Waals surface area contributed by atoms with Crippen LogP contribution >= 0.6 is 11.3 Å². The van der Waals surface area contributed by atoms with E-state index in [1.807, 2.05) is 71.8 Å². The van der Waals surface area contributed by atoms with Gasteiger partial charge in [0.1, 0.15) is 11.6 Å². The molecular formula is C28H24FN3O2S. The van der Waals surface area contributed by atoms with E-state index in [1.54, 1.807) is 23.5 Å². The lowest BCUT2D eigenvalue weighted by Gasteiger charge is -2.23. The number of hydrogen-bond acceptors (Lipinski definition) is 4. The Morgan fingerprint density at radius 2 is 1.69 bits per heavy atom. The fourth-order valence-corrected chi connectivity index (χ4v) is 4.77. The number of carbonyl (C=O) groups is 1. The highest BCUT2D eigenvalue weighted by molar-refractivity contribution is 7.15. The van der Waals surface area contributed by atoms with Crippen molar-refractivity contribution in [2.75, 3.05) is 13.2 Å². The fraction of sp³-hybridized carbons (Fsp3) is 0.143. The summed E-state index contributed by atoms with van der Waals surface area (Å²) in [5.41, 5.74) is 3.80. The van der Waals surface area contributed by atoms with Crippen molar-refractivity contribution in [3.05, 3.63) is 114 Å². The number of imidazole rings is 1. The van der Waals surface area contributed by atoms with Crippen molar-refractivity contribution in [3.63, 3.8) is 0 Å². The summed E-state index contributed by atoms with van der Waals surface area (Å²) in [5.74, 6) is 0.337. The molecule has 0 saturated heterocycles. The van der Waals surface area contributed by atoms with Crippen LogP contribution in [-0.4, -0.2) is 33.3 Å². The van der Waals surface area contributed by atoms with Crippen molar-refractivity contribution in [3.8, 4) is 17.0 Å². The van der Waals surface area contributed by atoms with Gasteiger partial charge in [-0.3, -0.25) is 9.20 Å². The Kier molecular flexibility index (Phi) is 6.86. The number of ether oxygens (including phenoxy) is 1. The van der Waals surface area contributed by atoms with Crippen LogP contribution in [0.3, 0.4) is 0 Å². The van der Waals surface area contributed by atoms with Gasteiger partial charge in [0.15, 0.2) is 11.6 Å². The van der Waals surface area contributed by atoms with Gasteiger partial charge in [-0.25, -0.2) is 9.37 Å². The summed E-state index contributed by atoms with van der Waals surface area (Å²) in [5, 5.41) is 2.07. The summed E-state index contributed by atoms with van der Waals surface area (Å²) < 4.78 is 21.1. The van der Waals surface area contributed by atoms with Crippen LogP contribution in [0.2, 0.25) is 0 Å². The molecule has 0 aliphatic rings. The van der Waals surface area contributed by atoms with Crippen LogP contribution in [0, 0.1) is 5.82 Å². The topological polar surface area (TPSA) is 46.8 Å². The molecule has 0 aliphatic heterocycles. The van der Waals surface area contributed by atoms with Crippen LogP contribution in [-0.2, 0) is 17.8 Å². The van der Waals surface area contributed by atoms with Gasteiger partial charge in [0.25, 0.3) is 5.91 Å². The van der Waals surface area contributed by atoms with E-state index in [2.05, 4.69) is 14.8 Å². The Balaban J connectivity index is 1.31. The Bertz CT molecular complexity index is 1400. The van der Waals surface area contributed by atoms with Crippen molar-refractivity contribution in [2.45, 2.75) is 13.0 Å². The lowest BCUT2D eigenvalue weighted by atomic mass is 10.2. The summed E-state index contributed by atoms with van der Waals surface area (Å²) >= 11 is 1.55. The molecule has 0 fully saturated rings. The molecule has 0 spiro atoms. The average Bonchev–Trinajstić information content (AvgIpc) is 3.48. The number of fused-ring (bicyclic) bond motifs is 1. The molecule has 0 bridgehead atoms. The average molecular weight is 486 g/mol. The van der Waals surface area contributed by atoms with Crippen molar-refractivity contribution in [1.29, 1.82) is 0 Å². The highest BCUT2D eigenvalue weighted by Gasteiger charge is 2.17. The van der Waals surface area contributed by atoms with Crippen molar-refractivity contribution in [1.82, 2.24) is 14.3 Å². The van der Waals surface area contributed by atoms with Gasteiger partial charge in [0.2, 0.25) is 0 Å². The normalized spacial score (nSPS) is 11.0. The Morgan fingerprint density at radius 3 is 2.43 bits per heavy atom. The number of aromatic nitrogens is 2. The molecule has 3 aromatic carbocycles. The molecular weight excluding hydrogens is 461 g/mol. The lowest BCUT2D eigenvalue weighted by molar-refractivity contribution is -0.134. The van der Waals surface area contributed by atoms with Crippen molar-refractivity contribution >= 4 is 22.2 Å². The van der Waals surface area contributed by atoms with Crippen molar-refractivity contribution in [2.24, 2.45) is 0 Å². The fourth-order valence-electron chi connectivity index (χ4n) is 3.87. The molecule has 0 N–H and O–H groups in total. The van der Waals surface area contributed by atoms with E-state index >= 15 is 0 Å². The molecule has 2 heterocycles. The first-order chi connectivity index (χ1) is 17.2. The largest absolute Gasteiger partial charge is 0.484 e. The predicted molar refractivity (Wildman–Crippen MR) is 136 cm³/mol. The third kappa shape index (κ3) is 5.58. The van der Waals surface area contributed by atoms with Gasteiger partial charge in [0, 0.05) is 42.3 Å². The number of thiazole rings is 1. The molecule has 35 heavy (non-hydrogen) atoms. The number of benzene rings is 3. The number of amides is 1. The second-order valence-electron chi connectivity index (χ2n) is 8.17. The lowest BCUT2D eigenvalue weighted by Crippen LogP contribution is -2.36. The number of carbonyl (C=O) groups excluding carboxylic acids is 1. The zero-order chi connectivity index (χ0) is 24.0. The summed E-state index contributed by atoms with van der Waals surface area (Å²) in [6.07, 6.45) is 2.64. The van der Waals surface area contributed by atoms with E-state index in [9.17, 15) is 9.18 Å². The zero-order valence-electron chi connectivity index (χ0n) is 19.0. The van der Waals surface area contributed by atoms with Gasteiger partial charge in [-0.05, 0) is 42.0 Å². The van der Waals surface area contributed by atoms with Gasteiger partial charge in [-0.1, -0.05) is 48.5 Å². The van der Waals surface area contributed by atoms with Crippen LogP contribution in [0.25, 0.3) is 16.2 Å². The highest BCUT2D eigenvalue weighted by atomic mass is 32.1. The van der Waals surface area contributed by atoms with Gasteiger partial charge in [0.05, 0.1) is 5.69 Å². The summed E-state index contributed by atoms with van der Waals surface area (Å²) in [7, 11) is 0. The molecule has 0 radical (unpaired) electrons. The maximum atomic E-state index is 13.3. The van der Waals surface area contributed by atoms with E-state index in [1.165, 1.54) is 12.1 Å². The maximum Gasteiger partial charge on any atom is 0.260 e.